The minimum Gasteiger partial charge on any atom is -0.367 e. The number of carbonyl (C=O) groups excluding carboxylic acids is 1. The Morgan fingerprint density at radius 1 is 1.07 bits per heavy atom. The fourth-order valence-electron chi connectivity index (χ4n) is 3.38. The second kappa shape index (κ2) is 11.0. The highest BCUT2D eigenvalue weighted by Gasteiger charge is 2.20. The highest BCUT2D eigenvalue weighted by molar-refractivity contribution is 6.30. The summed E-state index contributed by atoms with van der Waals surface area (Å²) in [4.78, 5) is 14.9. The van der Waals surface area contributed by atoms with E-state index >= 15 is 0 Å². The van der Waals surface area contributed by atoms with Crippen LogP contribution in [0.5, 0.6) is 0 Å². The van der Waals surface area contributed by atoms with Gasteiger partial charge >= 0.3 is 0 Å². The summed E-state index contributed by atoms with van der Waals surface area (Å²) in [6, 6.07) is 22.0. The smallest absolute Gasteiger partial charge is 0.249 e. The van der Waals surface area contributed by atoms with Gasteiger partial charge in [0, 0.05) is 29.5 Å². The van der Waals surface area contributed by atoms with Gasteiger partial charge in [-0.3, -0.25) is 4.79 Å². The minimum absolute atomic E-state index is 0.00999. The summed E-state index contributed by atoms with van der Waals surface area (Å²) in [6.45, 7) is 5.96. The van der Waals surface area contributed by atoms with Gasteiger partial charge in [0.05, 0.1) is 13.2 Å². The van der Waals surface area contributed by atoms with Crippen LogP contribution < -0.4 is 0 Å². The molecule has 30 heavy (non-hydrogen) atoms. The third-order valence-corrected chi connectivity index (χ3v) is 5.51. The van der Waals surface area contributed by atoms with Crippen molar-refractivity contribution in [2.75, 3.05) is 6.61 Å². The van der Waals surface area contributed by atoms with E-state index in [1.54, 1.807) is 0 Å². The van der Waals surface area contributed by atoms with Crippen LogP contribution in [0.25, 0.3) is 0 Å². The number of nitrogens with zero attached hydrogens (tertiary/aromatic N) is 2. The highest BCUT2D eigenvalue weighted by atomic mass is 35.5. The molecule has 0 N–H and O–H groups in total. The number of aromatic nitrogens is 1. The Morgan fingerprint density at radius 2 is 1.83 bits per heavy atom. The van der Waals surface area contributed by atoms with Crippen molar-refractivity contribution in [3.63, 3.8) is 0 Å². The van der Waals surface area contributed by atoms with Crippen LogP contribution in [-0.4, -0.2) is 28.0 Å². The van der Waals surface area contributed by atoms with E-state index in [-0.39, 0.29) is 18.6 Å². The average molecular weight is 425 g/mol. The Balaban J connectivity index is 1.65. The molecule has 0 aliphatic carbocycles. The zero-order valence-electron chi connectivity index (χ0n) is 17.6. The summed E-state index contributed by atoms with van der Waals surface area (Å²) in [5.41, 5.74) is 3.29. The molecule has 1 amide bonds. The van der Waals surface area contributed by atoms with Gasteiger partial charge in [-0.05, 0) is 48.7 Å². The molecule has 1 atom stereocenters. The monoisotopic (exact) mass is 424 g/mol. The van der Waals surface area contributed by atoms with E-state index in [0.717, 1.165) is 34.8 Å². The maximum Gasteiger partial charge on any atom is 0.249 e. The summed E-state index contributed by atoms with van der Waals surface area (Å²) in [5, 5.41) is 0.730. The van der Waals surface area contributed by atoms with E-state index in [2.05, 4.69) is 30.5 Å². The molecule has 3 rings (SSSR count). The zero-order valence-corrected chi connectivity index (χ0v) is 18.4. The number of rotatable bonds is 10. The van der Waals surface area contributed by atoms with Gasteiger partial charge in [0.2, 0.25) is 5.91 Å². The van der Waals surface area contributed by atoms with Gasteiger partial charge < -0.3 is 14.2 Å². The second-order valence-corrected chi connectivity index (χ2v) is 7.95. The molecule has 0 fully saturated rings. The van der Waals surface area contributed by atoms with Crippen molar-refractivity contribution in [1.82, 2.24) is 9.47 Å². The first-order valence-electron chi connectivity index (χ1n) is 10.4. The number of carbonyl (C=O) groups is 1. The maximum atomic E-state index is 12.9. The first-order chi connectivity index (χ1) is 14.6. The molecular formula is C25H29ClN2O2. The van der Waals surface area contributed by atoms with Gasteiger partial charge in [0.25, 0.3) is 0 Å². The first-order valence-corrected chi connectivity index (χ1v) is 10.7. The van der Waals surface area contributed by atoms with Crippen molar-refractivity contribution in [2.45, 2.75) is 46.0 Å². The van der Waals surface area contributed by atoms with E-state index in [1.807, 2.05) is 65.7 Å². The Morgan fingerprint density at radius 3 is 2.57 bits per heavy atom. The van der Waals surface area contributed by atoms with Gasteiger partial charge in [-0.25, -0.2) is 0 Å². The van der Waals surface area contributed by atoms with Gasteiger partial charge in [-0.15, -0.1) is 0 Å². The van der Waals surface area contributed by atoms with E-state index in [1.165, 1.54) is 0 Å². The van der Waals surface area contributed by atoms with Crippen LogP contribution in [0.1, 0.15) is 37.1 Å². The average Bonchev–Trinajstić information content (AvgIpc) is 3.18. The van der Waals surface area contributed by atoms with Gasteiger partial charge in [-0.1, -0.05) is 61.0 Å². The molecule has 1 aromatic heterocycles. The molecule has 2 aromatic carbocycles. The Labute approximate surface area is 184 Å². The predicted molar refractivity (Wildman–Crippen MR) is 121 cm³/mol. The van der Waals surface area contributed by atoms with Crippen LogP contribution in [0.3, 0.4) is 0 Å². The molecular weight excluding hydrogens is 396 g/mol. The van der Waals surface area contributed by atoms with Crippen LogP contribution in [0.2, 0.25) is 5.02 Å². The van der Waals surface area contributed by atoms with Crippen LogP contribution in [0, 0.1) is 0 Å². The number of hydrogen-bond donors (Lipinski definition) is 0. The summed E-state index contributed by atoms with van der Waals surface area (Å²) < 4.78 is 7.87. The lowest BCUT2D eigenvalue weighted by molar-refractivity contribution is -0.139. The Kier molecular flexibility index (Phi) is 8.12. The van der Waals surface area contributed by atoms with Gasteiger partial charge in [-0.2, -0.15) is 0 Å². The first kappa shape index (κ1) is 22.1. The third kappa shape index (κ3) is 6.22. The third-order valence-electron chi connectivity index (χ3n) is 5.28. The van der Waals surface area contributed by atoms with Crippen molar-refractivity contribution in [3.05, 3.63) is 94.8 Å². The lowest BCUT2D eigenvalue weighted by Gasteiger charge is -2.29. The minimum atomic E-state index is 0.00999. The number of hydrogen-bond acceptors (Lipinski definition) is 2. The zero-order chi connectivity index (χ0) is 21.3. The molecule has 0 unspecified atom stereocenters. The molecule has 5 heteroatoms. The second-order valence-electron chi connectivity index (χ2n) is 7.51. The van der Waals surface area contributed by atoms with E-state index < -0.39 is 0 Å². The summed E-state index contributed by atoms with van der Waals surface area (Å²) in [7, 11) is 0. The van der Waals surface area contributed by atoms with Crippen molar-refractivity contribution in [1.29, 1.82) is 0 Å². The molecule has 0 bridgehead atoms. The summed E-state index contributed by atoms with van der Waals surface area (Å²) >= 11 is 6.13. The molecule has 0 saturated heterocycles. The molecule has 0 aliphatic heterocycles. The predicted octanol–water partition coefficient (Wildman–Crippen LogP) is 5.53. The van der Waals surface area contributed by atoms with Crippen LogP contribution in [-0.2, 0) is 29.2 Å². The fraction of sp³-hybridized carbons (Fsp3) is 0.320. The quantitative estimate of drug-likeness (QED) is 0.428. The molecule has 1 heterocycles. The van der Waals surface area contributed by atoms with Crippen LogP contribution in [0.4, 0.5) is 0 Å². The van der Waals surface area contributed by atoms with Crippen molar-refractivity contribution in [3.8, 4) is 0 Å². The fourth-order valence-corrected chi connectivity index (χ4v) is 3.59. The number of halogens is 1. The normalized spacial score (nSPS) is 12.0. The van der Waals surface area contributed by atoms with E-state index in [9.17, 15) is 4.79 Å². The van der Waals surface area contributed by atoms with Gasteiger partial charge in [0.15, 0.2) is 0 Å². The van der Waals surface area contributed by atoms with Crippen LogP contribution in [0.15, 0.2) is 72.9 Å². The summed E-state index contributed by atoms with van der Waals surface area (Å²) in [5.74, 6) is 0.00999. The number of ether oxygens (including phenoxy) is 1. The van der Waals surface area contributed by atoms with Gasteiger partial charge in [0.1, 0.15) is 6.61 Å². The van der Waals surface area contributed by atoms with E-state index in [4.69, 9.17) is 16.3 Å². The molecule has 0 spiro atoms. The van der Waals surface area contributed by atoms with Crippen molar-refractivity contribution < 1.29 is 9.53 Å². The lowest BCUT2D eigenvalue weighted by atomic mass is 10.2. The van der Waals surface area contributed by atoms with Crippen molar-refractivity contribution in [2.24, 2.45) is 0 Å². The molecule has 0 saturated carbocycles. The lowest BCUT2D eigenvalue weighted by Crippen LogP contribution is -2.40. The molecule has 4 nitrogen and oxygen atoms in total. The molecule has 0 aliphatic rings. The molecule has 0 radical (unpaired) electrons. The standard InChI is InChI=1S/C25H29ClN2O2/c1-3-20(2)28(25(29)19-30-18-21-9-5-4-6-10-21)17-24-13-8-14-27(24)16-22-11-7-12-23(26)15-22/h4-15,20H,3,16-19H2,1-2H3/t20-/m0/s1. The molecule has 3 aromatic rings. The Bertz CT molecular complexity index is 939. The maximum absolute atomic E-state index is 12.9. The van der Waals surface area contributed by atoms with Crippen LogP contribution >= 0.6 is 11.6 Å². The highest BCUT2D eigenvalue weighted by Crippen LogP contribution is 2.16. The SMILES string of the molecule is CC[C@H](C)N(Cc1cccn1Cc1cccc(Cl)c1)C(=O)COCc1ccccc1. The summed E-state index contributed by atoms with van der Waals surface area (Å²) in [6.07, 6.45) is 2.93. The van der Waals surface area contributed by atoms with E-state index in [0.29, 0.717) is 13.2 Å². The number of benzene rings is 2. The topological polar surface area (TPSA) is 34.5 Å². The molecule has 158 valence electrons. The largest absolute Gasteiger partial charge is 0.367 e. The van der Waals surface area contributed by atoms with Crippen molar-refractivity contribution >= 4 is 17.5 Å². The number of amides is 1. The Hall–Kier alpha value is -2.56.